The normalized spacial score (nSPS) is 13.3. The van der Waals surface area contributed by atoms with Gasteiger partial charge in [-0.3, -0.25) is 0 Å². The first kappa shape index (κ1) is 8.31. The third kappa shape index (κ3) is 2.74. The number of hydrogen-bond acceptors (Lipinski definition) is 1. The average Bonchev–Trinajstić information content (AvgIpc) is 2.52. The largest absolute Gasteiger partial charge is 0.412 e. The second-order valence-corrected chi connectivity index (χ2v) is 3.07. The van der Waals surface area contributed by atoms with Crippen molar-refractivity contribution in [3.63, 3.8) is 0 Å². The molecule has 0 saturated carbocycles. The molecule has 2 heteroatoms. The Morgan fingerprint density at radius 3 is 2.91 bits per heavy atom. The molecular weight excluding hydrogens is 138 g/mol. The molecule has 0 saturated heterocycles. The number of nitrogens with zero attached hydrogens (tertiary/aromatic N) is 1. The van der Waals surface area contributed by atoms with E-state index in [1.54, 1.807) is 12.7 Å². The van der Waals surface area contributed by atoms with Crippen molar-refractivity contribution < 1.29 is 8.98 Å². The van der Waals surface area contributed by atoms with E-state index in [0.29, 0.717) is 0 Å². The second kappa shape index (κ2) is 4.16. The summed E-state index contributed by atoms with van der Waals surface area (Å²) in [6.07, 6.45) is 7.92. The van der Waals surface area contributed by atoms with Gasteiger partial charge in [-0.15, -0.1) is 0 Å². The quantitative estimate of drug-likeness (QED) is 0.606. The molecule has 0 bridgehead atoms. The molecule has 0 N–H and O–H groups in total. The molecule has 0 radical (unpaired) electrons. The second-order valence-electron chi connectivity index (χ2n) is 3.07. The summed E-state index contributed by atoms with van der Waals surface area (Å²) in [5, 5.41) is 0. The maximum Gasteiger partial charge on any atom is 0.334 e. The zero-order valence-electron chi connectivity index (χ0n) is 7.29. The molecule has 0 aliphatic heterocycles. The Labute approximate surface area is 67.8 Å². The van der Waals surface area contributed by atoms with Gasteiger partial charge in [-0.1, -0.05) is 20.3 Å². The van der Waals surface area contributed by atoms with Crippen LogP contribution >= 0.6 is 0 Å². The van der Waals surface area contributed by atoms with Crippen LogP contribution in [0.5, 0.6) is 0 Å². The molecule has 11 heavy (non-hydrogen) atoms. The van der Waals surface area contributed by atoms with Gasteiger partial charge in [0, 0.05) is 6.42 Å². The predicted molar refractivity (Wildman–Crippen MR) is 43.0 cm³/mol. The van der Waals surface area contributed by atoms with Crippen LogP contribution in [0.3, 0.4) is 0 Å². The predicted octanol–water partition coefficient (Wildman–Crippen LogP) is 2.00. The van der Waals surface area contributed by atoms with Crippen molar-refractivity contribution in [3.05, 3.63) is 18.9 Å². The fourth-order valence-corrected chi connectivity index (χ4v) is 0.963. The SMILES string of the molecule is CCC(C)CC[n+]1ccoc1. The lowest BCUT2D eigenvalue weighted by Gasteiger charge is -2.02. The van der Waals surface area contributed by atoms with Crippen LogP contribution in [0.15, 0.2) is 23.3 Å². The molecule has 1 heterocycles. The van der Waals surface area contributed by atoms with E-state index in [4.69, 9.17) is 4.42 Å². The van der Waals surface area contributed by atoms with E-state index < -0.39 is 0 Å². The first-order valence-electron chi connectivity index (χ1n) is 4.24. The van der Waals surface area contributed by atoms with Crippen LogP contribution in [-0.4, -0.2) is 0 Å². The minimum atomic E-state index is 0.817. The van der Waals surface area contributed by atoms with E-state index >= 15 is 0 Å². The van der Waals surface area contributed by atoms with Crippen LogP contribution in [0, 0.1) is 5.92 Å². The molecule has 1 aromatic rings. The Bertz CT molecular complexity index is 181. The van der Waals surface area contributed by atoms with Gasteiger partial charge in [-0.2, -0.15) is 4.57 Å². The first-order valence-corrected chi connectivity index (χ1v) is 4.24. The van der Waals surface area contributed by atoms with E-state index in [-0.39, 0.29) is 0 Å². The molecule has 0 aliphatic rings. The van der Waals surface area contributed by atoms with Crippen molar-refractivity contribution in [1.29, 1.82) is 0 Å². The molecule has 1 atom stereocenters. The molecule has 0 aromatic carbocycles. The van der Waals surface area contributed by atoms with Gasteiger partial charge >= 0.3 is 6.39 Å². The highest BCUT2D eigenvalue weighted by atomic mass is 16.3. The third-order valence-corrected chi connectivity index (χ3v) is 2.10. The molecule has 1 aromatic heterocycles. The molecule has 1 rings (SSSR count). The maximum atomic E-state index is 4.94. The highest BCUT2D eigenvalue weighted by Crippen LogP contribution is 2.05. The number of oxazole rings is 1. The molecule has 0 aliphatic carbocycles. The van der Waals surface area contributed by atoms with Crippen molar-refractivity contribution >= 4 is 0 Å². The molecule has 0 spiro atoms. The fraction of sp³-hybridized carbons (Fsp3) is 0.667. The summed E-state index contributed by atoms with van der Waals surface area (Å²) in [4.78, 5) is 0. The van der Waals surface area contributed by atoms with E-state index in [2.05, 4.69) is 18.4 Å². The van der Waals surface area contributed by atoms with Gasteiger partial charge in [0.2, 0.25) is 6.20 Å². The Balaban J connectivity index is 2.23. The monoisotopic (exact) mass is 154 g/mol. The standard InChI is InChI=1S/C9H16NO/c1-3-9(2)4-5-10-6-7-11-8-10/h6-9H,3-5H2,1-2H3/q+1. The van der Waals surface area contributed by atoms with Gasteiger partial charge in [0.1, 0.15) is 0 Å². The van der Waals surface area contributed by atoms with Crippen LogP contribution in [0.4, 0.5) is 0 Å². The number of aromatic nitrogens is 1. The lowest BCUT2D eigenvalue weighted by molar-refractivity contribution is -0.700. The number of rotatable bonds is 4. The Hall–Kier alpha value is -0.790. The highest BCUT2D eigenvalue weighted by Gasteiger charge is 2.04. The Morgan fingerprint density at radius 2 is 2.36 bits per heavy atom. The van der Waals surface area contributed by atoms with Crippen molar-refractivity contribution in [2.45, 2.75) is 33.2 Å². The van der Waals surface area contributed by atoms with Crippen LogP contribution in [0.25, 0.3) is 0 Å². The number of aryl methyl sites for hydroxylation is 1. The summed E-state index contributed by atoms with van der Waals surface area (Å²) in [6, 6.07) is 0. The van der Waals surface area contributed by atoms with Crippen molar-refractivity contribution in [3.8, 4) is 0 Å². The van der Waals surface area contributed by atoms with Gasteiger partial charge < -0.3 is 4.42 Å². The average molecular weight is 154 g/mol. The lowest BCUT2D eigenvalue weighted by atomic mass is 10.1. The zero-order chi connectivity index (χ0) is 8.10. The van der Waals surface area contributed by atoms with E-state index in [1.165, 1.54) is 12.8 Å². The minimum absolute atomic E-state index is 0.817. The summed E-state index contributed by atoms with van der Waals surface area (Å²) >= 11 is 0. The zero-order valence-corrected chi connectivity index (χ0v) is 7.29. The minimum Gasteiger partial charge on any atom is -0.412 e. The van der Waals surface area contributed by atoms with E-state index in [9.17, 15) is 0 Å². The summed E-state index contributed by atoms with van der Waals surface area (Å²) in [7, 11) is 0. The number of hydrogen-bond donors (Lipinski definition) is 0. The molecule has 1 unspecified atom stereocenters. The van der Waals surface area contributed by atoms with Gasteiger partial charge in [0.15, 0.2) is 12.8 Å². The topological polar surface area (TPSA) is 17.0 Å². The molecule has 0 fully saturated rings. The van der Waals surface area contributed by atoms with E-state index in [0.717, 1.165) is 12.5 Å². The lowest BCUT2D eigenvalue weighted by Crippen LogP contribution is -2.30. The van der Waals surface area contributed by atoms with Crippen molar-refractivity contribution in [2.75, 3.05) is 0 Å². The van der Waals surface area contributed by atoms with Gasteiger partial charge in [-0.25, -0.2) is 0 Å². The molecule has 0 amide bonds. The van der Waals surface area contributed by atoms with Gasteiger partial charge in [0.25, 0.3) is 0 Å². The summed E-state index contributed by atoms with van der Waals surface area (Å²) in [6.45, 7) is 5.58. The molecular formula is C9H16NO+. The molecule has 2 nitrogen and oxygen atoms in total. The Morgan fingerprint density at radius 1 is 1.55 bits per heavy atom. The third-order valence-electron chi connectivity index (χ3n) is 2.10. The van der Waals surface area contributed by atoms with Crippen LogP contribution < -0.4 is 4.57 Å². The smallest absolute Gasteiger partial charge is 0.334 e. The summed E-state index contributed by atoms with van der Waals surface area (Å²) < 4.78 is 7.02. The summed E-state index contributed by atoms with van der Waals surface area (Å²) in [5.74, 6) is 0.817. The fourth-order valence-electron chi connectivity index (χ4n) is 0.963. The highest BCUT2D eigenvalue weighted by molar-refractivity contribution is 4.49. The van der Waals surface area contributed by atoms with Crippen LogP contribution in [0.1, 0.15) is 26.7 Å². The van der Waals surface area contributed by atoms with Crippen LogP contribution in [0.2, 0.25) is 0 Å². The molecule has 62 valence electrons. The van der Waals surface area contributed by atoms with E-state index in [1.807, 2.05) is 6.20 Å². The first-order chi connectivity index (χ1) is 5.33. The van der Waals surface area contributed by atoms with Crippen molar-refractivity contribution in [1.82, 2.24) is 0 Å². The van der Waals surface area contributed by atoms with Crippen LogP contribution in [-0.2, 0) is 6.54 Å². The maximum absolute atomic E-state index is 4.94. The van der Waals surface area contributed by atoms with Gasteiger partial charge in [0.05, 0.1) is 0 Å². The Kier molecular flexibility index (Phi) is 3.14. The van der Waals surface area contributed by atoms with Gasteiger partial charge in [-0.05, 0) is 5.92 Å². The summed E-state index contributed by atoms with van der Waals surface area (Å²) in [5.41, 5.74) is 0. The van der Waals surface area contributed by atoms with Crippen molar-refractivity contribution in [2.24, 2.45) is 5.92 Å².